The molecule has 0 bridgehead atoms. The van der Waals surface area contributed by atoms with Gasteiger partial charge in [0.1, 0.15) is 17.5 Å². The van der Waals surface area contributed by atoms with Gasteiger partial charge in [-0.25, -0.2) is 9.97 Å². The van der Waals surface area contributed by atoms with Gasteiger partial charge in [-0.3, -0.25) is 4.79 Å². The molecule has 20 heavy (non-hydrogen) atoms. The molecule has 1 aromatic heterocycles. The maximum absolute atomic E-state index is 11.3. The van der Waals surface area contributed by atoms with Crippen LogP contribution in [0.1, 0.15) is 37.9 Å². The number of nitrogens with one attached hydrogen (secondary N) is 1. The van der Waals surface area contributed by atoms with E-state index < -0.39 is 0 Å². The predicted octanol–water partition coefficient (Wildman–Crippen LogP) is 1.10. The summed E-state index contributed by atoms with van der Waals surface area (Å²) in [7, 11) is 0. The Balaban J connectivity index is 1.83. The van der Waals surface area contributed by atoms with Crippen LogP contribution in [0.2, 0.25) is 0 Å². The quantitative estimate of drug-likeness (QED) is 0.840. The van der Waals surface area contributed by atoms with Gasteiger partial charge in [-0.2, -0.15) is 0 Å². The van der Waals surface area contributed by atoms with Crippen LogP contribution in [-0.4, -0.2) is 35.5 Å². The average molecular weight is 275 g/mol. The van der Waals surface area contributed by atoms with E-state index in [1.54, 1.807) is 0 Å². The van der Waals surface area contributed by atoms with E-state index in [9.17, 15) is 4.79 Å². The van der Waals surface area contributed by atoms with Crippen LogP contribution in [0.25, 0.3) is 0 Å². The van der Waals surface area contributed by atoms with Crippen molar-refractivity contribution < 1.29 is 4.79 Å². The first-order valence-corrected chi connectivity index (χ1v) is 7.34. The molecule has 0 aromatic carbocycles. The van der Waals surface area contributed by atoms with Crippen LogP contribution in [0, 0.1) is 5.92 Å². The lowest BCUT2D eigenvalue weighted by Crippen LogP contribution is -2.28. The molecule has 1 saturated heterocycles. The number of carbonyl (C=O) groups excluding carboxylic acids is 1. The zero-order valence-electron chi connectivity index (χ0n) is 11.8. The van der Waals surface area contributed by atoms with E-state index in [1.165, 1.54) is 12.8 Å². The number of carbonyl (C=O) groups is 1. The Kier molecular flexibility index (Phi) is 3.46. The van der Waals surface area contributed by atoms with Gasteiger partial charge in [0.2, 0.25) is 5.91 Å². The number of hydrogen-bond acceptors (Lipinski definition) is 5. The van der Waals surface area contributed by atoms with Crippen LogP contribution in [0.15, 0.2) is 6.07 Å². The lowest BCUT2D eigenvalue weighted by Gasteiger charge is -2.19. The van der Waals surface area contributed by atoms with Gasteiger partial charge in [0.05, 0.1) is 5.92 Å². The van der Waals surface area contributed by atoms with Gasteiger partial charge in [0, 0.05) is 31.6 Å². The molecule has 2 aliphatic rings. The van der Waals surface area contributed by atoms with Gasteiger partial charge < -0.3 is 16.0 Å². The summed E-state index contributed by atoms with van der Waals surface area (Å²) < 4.78 is 0. The van der Waals surface area contributed by atoms with E-state index >= 15 is 0 Å². The van der Waals surface area contributed by atoms with Crippen LogP contribution in [0.5, 0.6) is 0 Å². The second-order valence-corrected chi connectivity index (χ2v) is 5.61. The highest BCUT2D eigenvalue weighted by atomic mass is 16.1. The Labute approximate surface area is 118 Å². The number of hydrogen-bond donors (Lipinski definition) is 2. The summed E-state index contributed by atoms with van der Waals surface area (Å²) in [6.07, 6.45) is 3.17. The van der Waals surface area contributed by atoms with E-state index in [-0.39, 0.29) is 11.8 Å². The number of primary amides is 1. The molecule has 6 heteroatoms. The zero-order valence-corrected chi connectivity index (χ0v) is 11.8. The fourth-order valence-corrected chi connectivity index (χ4v) is 2.61. The smallest absolute Gasteiger partial charge is 0.222 e. The summed E-state index contributed by atoms with van der Waals surface area (Å²) in [5, 5.41) is 3.26. The second-order valence-electron chi connectivity index (χ2n) is 5.61. The number of amides is 1. The van der Waals surface area contributed by atoms with Gasteiger partial charge in [-0.05, 0) is 26.2 Å². The van der Waals surface area contributed by atoms with Crippen molar-refractivity contribution in [3.05, 3.63) is 11.9 Å². The third-order valence-corrected chi connectivity index (χ3v) is 3.94. The fourth-order valence-electron chi connectivity index (χ4n) is 2.61. The zero-order chi connectivity index (χ0) is 14.1. The van der Waals surface area contributed by atoms with Crippen molar-refractivity contribution in [2.24, 2.45) is 11.7 Å². The third-order valence-electron chi connectivity index (χ3n) is 3.94. The molecule has 108 valence electrons. The molecule has 1 saturated carbocycles. The molecule has 3 rings (SSSR count). The number of nitrogens with zero attached hydrogens (tertiary/aromatic N) is 3. The van der Waals surface area contributed by atoms with Crippen molar-refractivity contribution in [2.75, 3.05) is 29.9 Å². The minimum Gasteiger partial charge on any atom is -0.370 e. The Morgan fingerprint density at radius 2 is 2.25 bits per heavy atom. The molecule has 1 aliphatic carbocycles. The molecule has 3 N–H and O–H groups in total. The van der Waals surface area contributed by atoms with Gasteiger partial charge in [-0.15, -0.1) is 0 Å². The Hall–Kier alpha value is -1.85. The molecule has 2 fully saturated rings. The number of anilines is 2. The van der Waals surface area contributed by atoms with Gasteiger partial charge in [-0.1, -0.05) is 0 Å². The third kappa shape index (κ3) is 2.69. The van der Waals surface area contributed by atoms with Crippen molar-refractivity contribution >= 4 is 17.5 Å². The van der Waals surface area contributed by atoms with E-state index in [4.69, 9.17) is 5.73 Å². The monoisotopic (exact) mass is 275 g/mol. The van der Waals surface area contributed by atoms with Gasteiger partial charge >= 0.3 is 0 Å². The Morgan fingerprint density at radius 1 is 1.45 bits per heavy atom. The minimum absolute atomic E-state index is 0.0584. The minimum atomic E-state index is -0.212. The maximum Gasteiger partial charge on any atom is 0.222 e. The van der Waals surface area contributed by atoms with E-state index in [1.807, 2.05) is 6.07 Å². The first-order valence-electron chi connectivity index (χ1n) is 7.34. The van der Waals surface area contributed by atoms with E-state index in [2.05, 4.69) is 27.1 Å². The molecular formula is C14H21N5O. The highest BCUT2D eigenvalue weighted by Gasteiger charge is 2.31. The van der Waals surface area contributed by atoms with E-state index in [0.717, 1.165) is 37.0 Å². The number of nitrogens with two attached hydrogens (primary N) is 1. The molecule has 1 unspecified atom stereocenters. The second kappa shape index (κ2) is 5.26. The largest absolute Gasteiger partial charge is 0.370 e. The highest BCUT2D eigenvalue weighted by Crippen LogP contribution is 2.39. The first-order chi connectivity index (χ1) is 9.67. The molecule has 1 atom stereocenters. The lowest BCUT2D eigenvalue weighted by molar-refractivity contribution is -0.121. The topological polar surface area (TPSA) is 84.1 Å². The lowest BCUT2D eigenvalue weighted by atomic mass is 10.1. The standard InChI is InChI=1S/C14H21N5O/c1-2-16-11-7-12(18-14(17-11)9-3-4-9)19-6-5-10(8-19)13(15)20/h7,9-10H,2-6,8H2,1H3,(H2,15,20)(H,16,17,18). The van der Waals surface area contributed by atoms with E-state index in [0.29, 0.717) is 12.5 Å². The average Bonchev–Trinajstić information content (AvgIpc) is 3.15. The summed E-state index contributed by atoms with van der Waals surface area (Å²) in [6, 6.07) is 1.97. The van der Waals surface area contributed by atoms with Crippen LogP contribution < -0.4 is 16.0 Å². The SMILES string of the molecule is CCNc1cc(N2CCC(C(N)=O)C2)nc(C2CC2)n1. The highest BCUT2D eigenvalue weighted by molar-refractivity contribution is 5.78. The molecule has 1 aromatic rings. The maximum atomic E-state index is 11.3. The van der Waals surface area contributed by atoms with Crippen molar-refractivity contribution in [3.63, 3.8) is 0 Å². The first kappa shape index (κ1) is 13.1. The summed E-state index contributed by atoms with van der Waals surface area (Å²) in [6.45, 7) is 4.39. The normalized spacial score (nSPS) is 22.1. The van der Waals surface area contributed by atoms with Gasteiger partial charge in [0.25, 0.3) is 0 Å². The molecule has 2 heterocycles. The Bertz CT molecular complexity index is 514. The fraction of sp³-hybridized carbons (Fsp3) is 0.643. The summed E-state index contributed by atoms with van der Waals surface area (Å²) in [5.74, 6) is 2.97. The van der Waals surface area contributed by atoms with Crippen molar-refractivity contribution in [1.82, 2.24) is 9.97 Å². The van der Waals surface area contributed by atoms with Crippen LogP contribution >= 0.6 is 0 Å². The van der Waals surface area contributed by atoms with Crippen molar-refractivity contribution in [1.29, 1.82) is 0 Å². The van der Waals surface area contributed by atoms with Crippen molar-refractivity contribution in [2.45, 2.75) is 32.1 Å². The molecule has 1 aliphatic heterocycles. The predicted molar refractivity (Wildman–Crippen MR) is 77.7 cm³/mol. The number of rotatable bonds is 5. The summed E-state index contributed by atoms with van der Waals surface area (Å²) in [4.78, 5) is 22.7. The Morgan fingerprint density at radius 3 is 2.85 bits per heavy atom. The molecule has 6 nitrogen and oxygen atoms in total. The van der Waals surface area contributed by atoms with Crippen LogP contribution in [0.4, 0.5) is 11.6 Å². The summed E-state index contributed by atoms with van der Waals surface area (Å²) >= 11 is 0. The number of aromatic nitrogens is 2. The molecule has 0 radical (unpaired) electrons. The molecule has 0 spiro atoms. The molecular weight excluding hydrogens is 254 g/mol. The van der Waals surface area contributed by atoms with Crippen LogP contribution in [-0.2, 0) is 4.79 Å². The molecule has 1 amide bonds. The van der Waals surface area contributed by atoms with Crippen molar-refractivity contribution in [3.8, 4) is 0 Å². The van der Waals surface area contributed by atoms with Crippen LogP contribution in [0.3, 0.4) is 0 Å². The summed E-state index contributed by atoms with van der Waals surface area (Å²) in [5.41, 5.74) is 5.39. The van der Waals surface area contributed by atoms with Gasteiger partial charge in [0.15, 0.2) is 0 Å².